The van der Waals surface area contributed by atoms with Crippen LogP contribution in [0.5, 0.6) is 0 Å². The molecule has 0 radical (unpaired) electrons. The van der Waals surface area contributed by atoms with Gasteiger partial charge in [-0.05, 0) is 49.4 Å². The minimum atomic E-state index is -0.454. The lowest BCUT2D eigenvalue weighted by atomic mass is 9.96. The Morgan fingerprint density at radius 1 is 1.16 bits per heavy atom. The molecule has 3 atom stereocenters. The third-order valence-corrected chi connectivity index (χ3v) is 5.48. The average Bonchev–Trinajstić information content (AvgIpc) is 3.23. The van der Waals surface area contributed by atoms with Gasteiger partial charge in [-0.1, -0.05) is 24.6 Å². The number of hydrazine groups is 1. The standard InChI is InChI=1S/C17H19N5O2S/c23-15-12-4-2-1-3-11(12)14(19-20-15)16(24)21-22-17(25)18-13-8-9-5-6-10(13)7-9/h1-4,9-10,13H,5-8H2,(H,20,23)(H,21,24)(H2,18,22,25)/t9-,10+,13+/m0/s1. The zero-order valence-corrected chi connectivity index (χ0v) is 14.4. The van der Waals surface area contributed by atoms with E-state index in [-0.39, 0.29) is 11.3 Å². The number of aromatic amines is 1. The fraction of sp³-hybridized carbons (Fsp3) is 0.412. The van der Waals surface area contributed by atoms with Crippen LogP contribution in [0.2, 0.25) is 0 Å². The summed E-state index contributed by atoms with van der Waals surface area (Å²) < 4.78 is 0. The molecule has 2 fully saturated rings. The average molecular weight is 357 g/mol. The quantitative estimate of drug-likeness (QED) is 0.476. The van der Waals surface area contributed by atoms with E-state index in [1.807, 2.05) is 0 Å². The second-order valence-electron chi connectivity index (χ2n) is 6.78. The first kappa shape index (κ1) is 16.0. The first-order valence-corrected chi connectivity index (χ1v) is 8.87. The Kier molecular flexibility index (Phi) is 4.12. The fourth-order valence-electron chi connectivity index (χ4n) is 4.09. The maximum atomic E-state index is 12.4. The lowest BCUT2D eigenvalue weighted by molar-refractivity contribution is 0.0939. The van der Waals surface area contributed by atoms with Gasteiger partial charge in [-0.15, -0.1) is 0 Å². The van der Waals surface area contributed by atoms with Crippen LogP contribution in [0.4, 0.5) is 0 Å². The Morgan fingerprint density at radius 3 is 2.68 bits per heavy atom. The van der Waals surface area contributed by atoms with E-state index in [0.717, 1.165) is 12.3 Å². The van der Waals surface area contributed by atoms with Gasteiger partial charge in [-0.25, -0.2) is 5.10 Å². The van der Waals surface area contributed by atoms with E-state index in [1.165, 1.54) is 19.3 Å². The molecule has 2 bridgehead atoms. The number of nitrogens with zero attached hydrogens (tertiary/aromatic N) is 1. The molecule has 2 saturated carbocycles. The fourth-order valence-corrected chi connectivity index (χ4v) is 4.29. The van der Waals surface area contributed by atoms with Gasteiger partial charge in [0.25, 0.3) is 11.5 Å². The lowest BCUT2D eigenvalue weighted by Crippen LogP contribution is -2.51. The van der Waals surface area contributed by atoms with Crippen molar-refractivity contribution >= 4 is 34.0 Å². The number of carbonyl (C=O) groups is 1. The van der Waals surface area contributed by atoms with Gasteiger partial charge < -0.3 is 5.32 Å². The molecule has 4 rings (SSSR count). The maximum Gasteiger partial charge on any atom is 0.290 e. The first-order valence-electron chi connectivity index (χ1n) is 8.46. The normalized spacial score (nSPS) is 24.2. The molecule has 0 unspecified atom stereocenters. The molecule has 2 aromatic rings. The van der Waals surface area contributed by atoms with Gasteiger partial charge in [0, 0.05) is 11.4 Å². The van der Waals surface area contributed by atoms with E-state index in [9.17, 15) is 9.59 Å². The van der Waals surface area contributed by atoms with Crippen molar-refractivity contribution in [2.45, 2.75) is 31.7 Å². The van der Waals surface area contributed by atoms with Crippen molar-refractivity contribution in [3.63, 3.8) is 0 Å². The molecule has 1 amide bonds. The van der Waals surface area contributed by atoms with Crippen molar-refractivity contribution in [1.82, 2.24) is 26.4 Å². The van der Waals surface area contributed by atoms with Crippen LogP contribution in [-0.2, 0) is 0 Å². The molecule has 4 N–H and O–H groups in total. The van der Waals surface area contributed by atoms with E-state index in [4.69, 9.17) is 12.2 Å². The molecule has 130 valence electrons. The van der Waals surface area contributed by atoms with Gasteiger partial charge in [-0.3, -0.25) is 20.4 Å². The smallest absolute Gasteiger partial charge is 0.290 e. The van der Waals surface area contributed by atoms with E-state index in [2.05, 4.69) is 26.4 Å². The highest BCUT2D eigenvalue weighted by molar-refractivity contribution is 7.80. The molecule has 0 spiro atoms. The van der Waals surface area contributed by atoms with Crippen molar-refractivity contribution in [2.24, 2.45) is 11.8 Å². The van der Waals surface area contributed by atoms with Gasteiger partial charge in [0.05, 0.1) is 5.39 Å². The van der Waals surface area contributed by atoms with Crippen molar-refractivity contribution in [3.8, 4) is 0 Å². The van der Waals surface area contributed by atoms with Gasteiger partial charge in [0.1, 0.15) is 0 Å². The molecule has 2 aliphatic rings. The number of rotatable bonds is 2. The Morgan fingerprint density at radius 2 is 1.96 bits per heavy atom. The molecule has 1 aromatic carbocycles. The summed E-state index contributed by atoms with van der Waals surface area (Å²) in [5, 5.41) is 10.8. The molecule has 1 heterocycles. The van der Waals surface area contributed by atoms with Crippen LogP contribution in [0.15, 0.2) is 29.1 Å². The summed E-state index contributed by atoms with van der Waals surface area (Å²) in [6, 6.07) is 7.24. The molecule has 1 aromatic heterocycles. The zero-order valence-electron chi connectivity index (χ0n) is 13.5. The van der Waals surface area contributed by atoms with E-state index in [0.29, 0.717) is 27.8 Å². The minimum Gasteiger partial charge on any atom is -0.358 e. The van der Waals surface area contributed by atoms with E-state index in [1.54, 1.807) is 24.3 Å². The van der Waals surface area contributed by atoms with Crippen LogP contribution in [0, 0.1) is 11.8 Å². The molecule has 2 aliphatic carbocycles. The molecule has 8 heteroatoms. The minimum absolute atomic E-state index is 0.144. The number of thiocarbonyl (C=S) groups is 1. The second kappa shape index (κ2) is 6.44. The number of carbonyl (C=O) groups excluding carboxylic acids is 1. The van der Waals surface area contributed by atoms with Crippen LogP contribution in [0.25, 0.3) is 10.8 Å². The van der Waals surface area contributed by atoms with Gasteiger partial charge in [0.2, 0.25) is 0 Å². The number of amides is 1. The van der Waals surface area contributed by atoms with Crippen LogP contribution < -0.4 is 21.7 Å². The SMILES string of the molecule is O=C(NNC(=S)N[C@@H]1C[C@H]2CC[C@@H]1C2)c1n[nH]c(=O)c2ccccc12. The summed E-state index contributed by atoms with van der Waals surface area (Å²) in [5.74, 6) is 1.05. The van der Waals surface area contributed by atoms with Crippen LogP contribution in [-0.4, -0.2) is 27.3 Å². The van der Waals surface area contributed by atoms with Crippen molar-refractivity contribution in [3.05, 3.63) is 40.3 Å². The number of benzene rings is 1. The molecule has 0 aliphatic heterocycles. The van der Waals surface area contributed by atoms with Crippen LogP contribution in [0.1, 0.15) is 36.2 Å². The summed E-state index contributed by atoms with van der Waals surface area (Å²) in [6.45, 7) is 0. The summed E-state index contributed by atoms with van der Waals surface area (Å²) in [7, 11) is 0. The monoisotopic (exact) mass is 357 g/mol. The number of fused-ring (bicyclic) bond motifs is 3. The molecular weight excluding hydrogens is 338 g/mol. The third-order valence-electron chi connectivity index (χ3n) is 5.26. The first-order chi connectivity index (χ1) is 12.1. The largest absolute Gasteiger partial charge is 0.358 e. The number of aromatic nitrogens is 2. The Balaban J connectivity index is 1.40. The van der Waals surface area contributed by atoms with Gasteiger partial charge in [-0.2, -0.15) is 5.10 Å². The van der Waals surface area contributed by atoms with Crippen LogP contribution >= 0.6 is 12.2 Å². The molecule has 25 heavy (non-hydrogen) atoms. The Labute approximate surface area is 149 Å². The van der Waals surface area contributed by atoms with Crippen molar-refractivity contribution in [1.29, 1.82) is 0 Å². The lowest BCUT2D eigenvalue weighted by Gasteiger charge is -2.24. The highest BCUT2D eigenvalue weighted by Crippen LogP contribution is 2.44. The summed E-state index contributed by atoms with van der Waals surface area (Å²) in [5.41, 5.74) is 5.11. The van der Waals surface area contributed by atoms with E-state index >= 15 is 0 Å². The van der Waals surface area contributed by atoms with E-state index < -0.39 is 5.91 Å². The predicted molar refractivity (Wildman–Crippen MR) is 97.9 cm³/mol. The zero-order chi connectivity index (χ0) is 17.4. The maximum absolute atomic E-state index is 12.4. The van der Waals surface area contributed by atoms with Gasteiger partial charge >= 0.3 is 0 Å². The number of hydrogen-bond acceptors (Lipinski definition) is 4. The summed E-state index contributed by atoms with van der Waals surface area (Å²) in [4.78, 5) is 24.2. The van der Waals surface area contributed by atoms with Crippen molar-refractivity contribution < 1.29 is 4.79 Å². The highest BCUT2D eigenvalue weighted by atomic mass is 32.1. The van der Waals surface area contributed by atoms with Crippen LogP contribution in [0.3, 0.4) is 0 Å². The van der Waals surface area contributed by atoms with Gasteiger partial charge in [0.15, 0.2) is 10.8 Å². The van der Waals surface area contributed by atoms with Crippen molar-refractivity contribution in [2.75, 3.05) is 0 Å². The number of H-pyrrole nitrogens is 1. The topological polar surface area (TPSA) is 98.9 Å². The molecule has 0 saturated heterocycles. The Hall–Kier alpha value is -2.48. The Bertz CT molecular complexity index is 896. The summed E-state index contributed by atoms with van der Waals surface area (Å²) >= 11 is 5.28. The highest BCUT2D eigenvalue weighted by Gasteiger charge is 2.39. The summed E-state index contributed by atoms with van der Waals surface area (Å²) in [6.07, 6.45) is 5.00. The number of nitrogens with one attached hydrogen (secondary N) is 4. The molecule has 7 nitrogen and oxygen atoms in total. The second-order valence-corrected chi connectivity index (χ2v) is 7.19. The predicted octanol–water partition coefficient (Wildman–Crippen LogP) is 1.22. The third kappa shape index (κ3) is 3.09. The number of hydrogen-bond donors (Lipinski definition) is 4. The molecular formula is C17H19N5O2S.